The van der Waals surface area contributed by atoms with Crippen molar-refractivity contribution in [2.75, 3.05) is 30.4 Å². The first-order valence-electron chi connectivity index (χ1n) is 11.5. The van der Waals surface area contributed by atoms with Crippen molar-refractivity contribution in [1.82, 2.24) is 19.9 Å². The minimum absolute atomic E-state index is 0.0419. The van der Waals surface area contributed by atoms with Gasteiger partial charge in [0.1, 0.15) is 11.6 Å². The highest BCUT2D eigenvalue weighted by molar-refractivity contribution is 5.95. The number of anilines is 2. The summed E-state index contributed by atoms with van der Waals surface area (Å²) in [7, 11) is 1.78. The van der Waals surface area contributed by atoms with Gasteiger partial charge in [-0.3, -0.25) is 24.4 Å². The molecule has 0 spiro atoms. The molecule has 8 nitrogen and oxygen atoms in total. The van der Waals surface area contributed by atoms with Gasteiger partial charge >= 0.3 is 0 Å². The van der Waals surface area contributed by atoms with Gasteiger partial charge in [-0.1, -0.05) is 12.5 Å². The standard InChI is InChI=1S/C25H28N6O2/c1-16-19-9-11-23(33)30(2)25(19)29-24(27-16)21-7-3-4-13-31(21)15-22(32)28-18-8-10-20-17(14-18)6-5-12-26-20/h5-6,8,10,12,14,21H,3-4,7,9,11,13,15H2,1-2H3,(H,28,32)/t21-/m0/s1. The lowest BCUT2D eigenvalue weighted by molar-refractivity contribution is -0.119. The lowest BCUT2D eigenvalue weighted by atomic mass is 9.99. The van der Waals surface area contributed by atoms with E-state index in [1.807, 2.05) is 37.3 Å². The van der Waals surface area contributed by atoms with Gasteiger partial charge in [-0.2, -0.15) is 0 Å². The number of benzene rings is 1. The number of fused-ring (bicyclic) bond motifs is 2. The third kappa shape index (κ3) is 4.30. The highest BCUT2D eigenvalue weighted by Gasteiger charge is 2.31. The summed E-state index contributed by atoms with van der Waals surface area (Å²) in [5.74, 6) is 1.44. The first-order chi connectivity index (χ1) is 16.0. The highest BCUT2D eigenvalue weighted by atomic mass is 16.2. The van der Waals surface area contributed by atoms with Gasteiger partial charge in [-0.05, 0) is 57.0 Å². The first kappa shape index (κ1) is 21.5. The molecule has 2 amide bonds. The van der Waals surface area contributed by atoms with E-state index in [1.54, 1.807) is 18.1 Å². The fraction of sp³-hybridized carbons (Fsp3) is 0.400. The predicted molar refractivity (Wildman–Crippen MR) is 127 cm³/mol. The van der Waals surface area contributed by atoms with Crippen LogP contribution in [0.25, 0.3) is 10.9 Å². The molecule has 8 heteroatoms. The van der Waals surface area contributed by atoms with Gasteiger partial charge in [0.2, 0.25) is 11.8 Å². The number of carbonyl (C=O) groups excluding carboxylic acids is 2. The Bertz CT molecular complexity index is 1230. The van der Waals surface area contributed by atoms with Crippen LogP contribution in [0, 0.1) is 6.92 Å². The molecule has 2 aromatic heterocycles. The van der Waals surface area contributed by atoms with E-state index in [-0.39, 0.29) is 24.4 Å². The first-order valence-corrected chi connectivity index (χ1v) is 11.5. The summed E-state index contributed by atoms with van der Waals surface area (Å²) in [4.78, 5) is 42.9. The number of pyridine rings is 1. The molecule has 3 aromatic rings. The van der Waals surface area contributed by atoms with Crippen LogP contribution in [0.1, 0.15) is 48.8 Å². The van der Waals surface area contributed by atoms with Gasteiger partial charge in [0.15, 0.2) is 0 Å². The number of piperidine rings is 1. The second kappa shape index (κ2) is 8.86. The smallest absolute Gasteiger partial charge is 0.238 e. The fourth-order valence-electron chi connectivity index (χ4n) is 4.85. The van der Waals surface area contributed by atoms with E-state index in [9.17, 15) is 9.59 Å². The molecular weight excluding hydrogens is 416 g/mol. The maximum atomic E-state index is 12.9. The van der Waals surface area contributed by atoms with Crippen LogP contribution in [-0.4, -0.2) is 51.8 Å². The lowest BCUT2D eigenvalue weighted by Gasteiger charge is -2.35. The number of likely N-dealkylation sites (tertiary alicyclic amines) is 1. The fourth-order valence-corrected chi connectivity index (χ4v) is 4.85. The van der Waals surface area contributed by atoms with Crippen LogP contribution in [-0.2, 0) is 16.0 Å². The zero-order valence-electron chi connectivity index (χ0n) is 19.0. The van der Waals surface area contributed by atoms with Crippen LogP contribution in [0.4, 0.5) is 11.5 Å². The van der Waals surface area contributed by atoms with E-state index in [1.165, 1.54) is 0 Å². The van der Waals surface area contributed by atoms with Crippen molar-refractivity contribution in [2.45, 2.75) is 45.1 Å². The quantitative estimate of drug-likeness (QED) is 0.663. The Morgan fingerprint density at radius 3 is 2.94 bits per heavy atom. The molecule has 5 rings (SSSR count). The molecular formula is C25H28N6O2. The van der Waals surface area contributed by atoms with Crippen molar-refractivity contribution in [3.63, 3.8) is 0 Å². The van der Waals surface area contributed by atoms with Crippen LogP contribution in [0.3, 0.4) is 0 Å². The number of rotatable bonds is 4. The van der Waals surface area contributed by atoms with Crippen LogP contribution in [0.15, 0.2) is 36.5 Å². The molecule has 33 heavy (non-hydrogen) atoms. The largest absolute Gasteiger partial charge is 0.325 e. The molecule has 4 heterocycles. The SMILES string of the molecule is Cc1nc([C@@H]2CCCCN2CC(=O)Nc2ccc3ncccc3c2)nc2c1CCC(=O)N2C. The van der Waals surface area contributed by atoms with E-state index in [0.717, 1.165) is 53.7 Å². The maximum absolute atomic E-state index is 12.9. The van der Waals surface area contributed by atoms with Crippen molar-refractivity contribution >= 4 is 34.2 Å². The molecule has 1 aromatic carbocycles. The molecule has 1 saturated heterocycles. The Morgan fingerprint density at radius 1 is 1.18 bits per heavy atom. The Hall–Kier alpha value is -3.39. The number of nitrogens with zero attached hydrogens (tertiary/aromatic N) is 5. The van der Waals surface area contributed by atoms with Crippen LogP contribution in [0.5, 0.6) is 0 Å². The molecule has 170 valence electrons. The van der Waals surface area contributed by atoms with Crippen LogP contribution < -0.4 is 10.2 Å². The number of aromatic nitrogens is 3. The second-order valence-electron chi connectivity index (χ2n) is 8.86. The third-order valence-electron chi connectivity index (χ3n) is 6.64. The summed E-state index contributed by atoms with van der Waals surface area (Å²) in [5.41, 5.74) is 3.63. The number of nitrogens with one attached hydrogen (secondary N) is 1. The van der Waals surface area contributed by atoms with Crippen molar-refractivity contribution in [2.24, 2.45) is 0 Å². The molecule has 0 unspecified atom stereocenters. The molecule has 0 bridgehead atoms. The summed E-state index contributed by atoms with van der Waals surface area (Å²) in [6.07, 6.45) is 5.93. The van der Waals surface area contributed by atoms with Crippen molar-refractivity contribution in [3.8, 4) is 0 Å². The summed E-state index contributed by atoms with van der Waals surface area (Å²) in [6.45, 7) is 3.07. The monoisotopic (exact) mass is 444 g/mol. The Morgan fingerprint density at radius 2 is 2.06 bits per heavy atom. The molecule has 2 aliphatic heterocycles. The van der Waals surface area contributed by atoms with Crippen LogP contribution in [0.2, 0.25) is 0 Å². The van der Waals surface area contributed by atoms with E-state index in [2.05, 4.69) is 15.2 Å². The van der Waals surface area contributed by atoms with Gasteiger partial charge in [0.05, 0.1) is 18.1 Å². The molecule has 0 saturated carbocycles. The highest BCUT2D eigenvalue weighted by Crippen LogP contribution is 2.33. The minimum atomic E-state index is -0.0629. The summed E-state index contributed by atoms with van der Waals surface area (Å²) < 4.78 is 0. The van der Waals surface area contributed by atoms with Gasteiger partial charge in [-0.25, -0.2) is 9.97 Å². The molecule has 1 fully saturated rings. The van der Waals surface area contributed by atoms with E-state index < -0.39 is 0 Å². The van der Waals surface area contributed by atoms with Crippen molar-refractivity contribution in [3.05, 3.63) is 53.6 Å². The Kier molecular flexibility index (Phi) is 5.76. The normalized spacial score (nSPS) is 18.9. The zero-order valence-corrected chi connectivity index (χ0v) is 19.0. The Labute approximate surface area is 193 Å². The number of aryl methyl sites for hydroxylation is 1. The Balaban J connectivity index is 1.35. The molecule has 1 atom stereocenters. The van der Waals surface area contributed by atoms with Crippen LogP contribution >= 0.6 is 0 Å². The van der Waals surface area contributed by atoms with Gasteiger partial charge < -0.3 is 5.32 Å². The van der Waals surface area contributed by atoms with E-state index in [0.29, 0.717) is 24.5 Å². The van der Waals surface area contributed by atoms with Gasteiger partial charge in [-0.15, -0.1) is 0 Å². The van der Waals surface area contributed by atoms with E-state index in [4.69, 9.17) is 9.97 Å². The second-order valence-corrected chi connectivity index (χ2v) is 8.86. The lowest BCUT2D eigenvalue weighted by Crippen LogP contribution is -2.40. The van der Waals surface area contributed by atoms with Crippen molar-refractivity contribution < 1.29 is 9.59 Å². The zero-order chi connectivity index (χ0) is 22.9. The number of hydrogen-bond acceptors (Lipinski definition) is 6. The number of carbonyl (C=O) groups is 2. The third-order valence-corrected chi connectivity index (χ3v) is 6.64. The molecule has 0 aliphatic carbocycles. The topological polar surface area (TPSA) is 91.3 Å². The summed E-state index contributed by atoms with van der Waals surface area (Å²) >= 11 is 0. The van der Waals surface area contributed by atoms with Gasteiger partial charge in [0, 0.05) is 42.0 Å². The minimum Gasteiger partial charge on any atom is -0.325 e. The van der Waals surface area contributed by atoms with Crippen molar-refractivity contribution in [1.29, 1.82) is 0 Å². The summed E-state index contributed by atoms with van der Waals surface area (Å²) in [6, 6.07) is 9.56. The van der Waals surface area contributed by atoms with E-state index >= 15 is 0 Å². The van der Waals surface area contributed by atoms with Gasteiger partial charge in [0.25, 0.3) is 0 Å². The molecule has 1 N–H and O–H groups in total. The predicted octanol–water partition coefficient (Wildman–Crippen LogP) is 3.41. The average molecular weight is 445 g/mol. The molecule has 2 aliphatic rings. The number of amides is 2. The maximum Gasteiger partial charge on any atom is 0.238 e. The molecule has 0 radical (unpaired) electrons. The summed E-state index contributed by atoms with van der Waals surface area (Å²) in [5, 5.41) is 4.01. The number of hydrogen-bond donors (Lipinski definition) is 1. The average Bonchev–Trinajstić information content (AvgIpc) is 2.82.